The van der Waals surface area contributed by atoms with Gasteiger partial charge in [-0.15, -0.1) is 0 Å². The van der Waals surface area contributed by atoms with E-state index in [0.29, 0.717) is 13.0 Å². The van der Waals surface area contributed by atoms with Gasteiger partial charge in [0.25, 0.3) is 0 Å². The Morgan fingerprint density at radius 3 is 1.29 bits per heavy atom. The molecule has 1 aliphatic rings. The summed E-state index contributed by atoms with van der Waals surface area (Å²) in [6.45, 7) is 7.21. The number of ether oxygens (including phenoxy) is 2. The van der Waals surface area contributed by atoms with Crippen molar-refractivity contribution in [1.29, 1.82) is 0 Å². The summed E-state index contributed by atoms with van der Waals surface area (Å²) < 4.78 is 10.6. The number of carbonyl (C=O) groups is 1. The van der Waals surface area contributed by atoms with Gasteiger partial charge in [0.15, 0.2) is 0 Å². The van der Waals surface area contributed by atoms with Crippen molar-refractivity contribution < 1.29 is 14.3 Å². The topological polar surface area (TPSA) is 35.5 Å². The molecule has 0 bridgehead atoms. The first-order valence-electron chi connectivity index (χ1n) is 16.0. The molecule has 0 N–H and O–H groups in total. The van der Waals surface area contributed by atoms with Crippen LogP contribution < -0.4 is 0 Å². The van der Waals surface area contributed by atoms with Gasteiger partial charge in [0, 0.05) is 19.6 Å². The number of rotatable bonds is 24. The Hall–Kier alpha value is -0.570. The number of carbonyl (C=O) groups excluding carboxylic acids is 1. The molecular formula is C32H64O3. The Kier molecular flexibility index (Phi) is 30.9. The molecule has 210 valence electrons. The molecule has 0 unspecified atom stereocenters. The number of hydrogen-bond donors (Lipinski definition) is 0. The third-order valence-electron chi connectivity index (χ3n) is 7.07. The van der Waals surface area contributed by atoms with Crippen LogP contribution in [0.3, 0.4) is 0 Å². The van der Waals surface area contributed by atoms with Crippen LogP contribution in [0.25, 0.3) is 0 Å². The standard InChI is InChI=1S/C26H54O.C6H10O2/c1-3-5-7-9-11-13-15-17-19-21-23-25-27-26-24-22-20-18-16-14-12-10-8-6-4-2;7-6-4-2-1-3-5-8-6/h3-26H2,1-2H3;1-5H2. The molecule has 0 spiro atoms. The lowest BCUT2D eigenvalue weighted by atomic mass is 10.1. The monoisotopic (exact) mass is 496 g/mol. The fourth-order valence-corrected chi connectivity index (χ4v) is 4.65. The molecule has 0 saturated carbocycles. The molecule has 0 amide bonds. The minimum atomic E-state index is -0.0255. The fraction of sp³-hybridized carbons (Fsp3) is 0.969. The second-order valence-corrected chi connectivity index (χ2v) is 10.7. The van der Waals surface area contributed by atoms with E-state index in [9.17, 15) is 4.79 Å². The van der Waals surface area contributed by atoms with E-state index in [1.54, 1.807) is 0 Å². The molecule has 0 aliphatic carbocycles. The van der Waals surface area contributed by atoms with Crippen LogP contribution in [0, 0.1) is 0 Å². The van der Waals surface area contributed by atoms with E-state index in [2.05, 4.69) is 13.8 Å². The maximum Gasteiger partial charge on any atom is 0.305 e. The number of esters is 1. The molecule has 0 radical (unpaired) electrons. The molecule has 3 nitrogen and oxygen atoms in total. The molecule has 1 saturated heterocycles. The van der Waals surface area contributed by atoms with Crippen LogP contribution in [0.2, 0.25) is 0 Å². The summed E-state index contributed by atoms with van der Waals surface area (Å²) in [5.74, 6) is -0.0255. The van der Waals surface area contributed by atoms with Crippen LogP contribution in [-0.2, 0) is 14.3 Å². The predicted octanol–water partition coefficient (Wildman–Crippen LogP) is 10.7. The van der Waals surface area contributed by atoms with Crippen molar-refractivity contribution in [2.24, 2.45) is 0 Å². The van der Waals surface area contributed by atoms with E-state index in [1.807, 2.05) is 0 Å². The summed E-state index contributed by atoms with van der Waals surface area (Å²) in [5, 5.41) is 0. The van der Waals surface area contributed by atoms with Crippen molar-refractivity contribution >= 4 is 5.97 Å². The van der Waals surface area contributed by atoms with Crippen molar-refractivity contribution in [2.45, 2.75) is 181 Å². The first kappa shape index (κ1) is 34.4. The summed E-state index contributed by atoms with van der Waals surface area (Å²) in [6, 6.07) is 0. The van der Waals surface area contributed by atoms with E-state index in [-0.39, 0.29) is 5.97 Å². The lowest BCUT2D eigenvalue weighted by Gasteiger charge is -2.05. The molecule has 1 fully saturated rings. The quantitative estimate of drug-likeness (QED) is 0.0984. The summed E-state index contributed by atoms with van der Waals surface area (Å²) in [6.07, 6.45) is 35.0. The van der Waals surface area contributed by atoms with Crippen LogP contribution in [-0.4, -0.2) is 25.8 Å². The van der Waals surface area contributed by atoms with Gasteiger partial charge < -0.3 is 9.47 Å². The smallest absolute Gasteiger partial charge is 0.305 e. The van der Waals surface area contributed by atoms with Gasteiger partial charge in [-0.2, -0.15) is 0 Å². The third kappa shape index (κ3) is 31.4. The van der Waals surface area contributed by atoms with Gasteiger partial charge in [0.1, 0.15) is 0 Å². The Bertz CT molecular complexity index is 362. The van der Waals surface area contributed by atoms with Gasteiger partial charge >= 0.3 is 5.97 Å². The number of cyclic esters (lactones) is 1. The van der Waals surface area contributed by atoms with Crippen LogP contribution in [0.5, 0.6) is 0 Å². The van der Waals surface area contributed by atoms with Crippen molar-refractivity contribution in [1.82, 2.24) is 0 Å². The normalized spacial score (nSPS) is 13.7. The largest absolute Gasteiger partial charge is 0.466 e. The maximum absolute atomic E-state index is 10.5. The van der Waals surface area contributed by atoms with Gasteiger partial charge in [-0.3, -0.25) is 4.79 Å². The SMILES string of the molecule is CCCCCCCCCCCCCOCCCCCCCCCCCCC.O=C1CCCCCO1. The van der Waals surface area contributed by atoms with E-state index >= 15 is 0 Å². The molecule has 3 heteroatoms. The minimum absolute atomic E-state index is 0.0255. The second-order valence-electron chi connectivity index (χ2n) is 10.7. The average Bonchev–Trinajstić information content (AvgIpc) is 3.12. The maximum atomic E-state index is 10.5. The first-order chi connectivity index (χ1) is 17.3. The highest BCUT2D eigenvalue weighted by atomic mass is 16.5. The molecule has 0 atom stereocenters. The van der Waals surface area contributed by atoms with Crippen LogP contribution in [0.15, 0.2) is 0 Å². The Balaban J connectivity index is 0.00000121. The zero-order valence-corrected chi connectivity index (χ0v) is 24.2. The van der Waals surface area contributed by atoms with E-state index in [4.69, 9.17) is 9.47 Å². The highest BCUT2D eigenvalue weighted by Crippen LogP contribution is 2.13. The molecular weight excluding hydrogens is 432 g/mol. The lowest BCUT2D eigenvalue weighted by Crippen LogP contribution is -2.00. The highest BCUT2D eigenvalue weighted by Gasteiger charge is 2.05. The molecule has 35 heavy (non-hydrogen) atoms. The minimum Gasteiger partial charge on any atom is -0.466 e. The van der Waals surface area contributed by atoms with E-state index < -0.39 is 0 Å². The van der Waals surface area contributed by atoms with Crippen LogP contribution >= 0.6 is 0 Å². The Morgan fingerprint density at radius 2 is 0.886 bits per heavy atom. The van der Waals surface area contributed by atoms with Gasteiger partial charge in [-0.25, -0.2) is 0 Å². The van der Waals surface area contributed by atoms with Crippen molar-refractivity contribution in [2.75, 3.05) is 19.8 Å². The van der Waals surface area contributed by atoms with Crippen molar-refractivity contribution in [3.63, 3.8) is 0 Å². The fourth-order valence-electron chi connectivity index (χ4n) is 4.65. The predicted molar refractivity (Wildman–Crippen MR) is 153 cm³/mol. The number of hydrogen-bond acceptors (Lipinski definition) is 3. The van der Waals surface area contributed by atoms with Crippen LogP contribution in [0.4, 0.5) is 0 Å². The van der Waals surface area contributed by atoms with E-state index in [0.717, 1.165) is 32.5 Å². The summed E-state index contributed by atoms with van der Waals surface area (Å²) in [7, 11) is 0. The summed E-state index contributed by atoms with van der Waals surface area (Å²) in [5.41, 5.74) is 0. The molecule has 0 aromatic heterocycles. The molecule has 0 aromatic rings. The van der Waals surface area contributed by atoms with Gasteiger partial charge in [0.2, 0.25) is 0 Å². The van der Waals surface area contributed by atoms with Crippen molar-refractivity contribution in [3.8, 4) is 0 Å². The van der Waals surface area contributed by atoms with E-state index in [1.165, 1.54) is 141 Å². The highest BCUT2D eigenvalue weighted by molar-refractivity contribution is 5.69. The number of unbranched alkanes of at least 4 members (excludes halogenated alkanes) is 20. The molecule has 0 aromatic carbocycles. The van der Waals surface area contributed by atoms with Crippen LogP contribution in [0.1, 0.15) is 181 Å². The Labute approximate surface area is 220 Å². The lowest BCUT2D eigenvalue weighted by molar-refractivity contribution is -0.142. The Morgan fingerprint density at radius 1 is 0.514 bits per heavy atom. The van der Waals surface area contributed by atoms with Gasteiger partial charge in [-0.1, -0.05) is 142 Å². The molecule has 1 aliphatic heterocycles. The summed E-state index contributed by atoms with van der Waals surface area (Å²) in [4.78, 5) is 10.5. The summed E-state index contributed by atoms with van der Waals surface area (Å²) >= 11 is 0. The van der Waals surface area contributed by atoms with Crippen molar-refractivity contribution in [3.05, 3.63) is 0 Å². The van der Waals surface area contributed by atoms with Gasteiger partial charge in [-0.05, 0) is 32.1 Å². The van der Waals surface area contributed by atoms with Gasteiger partial charge in [0.05, 0.1) is 6.61 Å². The zero-order chi connectivity index (χ0) is 25.5. The first-order valence-corrected chi connectivity index (χ1v) is 16.0. The average molecular weight is 497 g/mol. The zero-order valence-electron chi connectivity index (χ0n) is 24.2. The molecule has 1 heterocycles. The third-order valence-corrected chi connectivity index (χ3v) is 7.07. The second kappa shape index (κ2) is 31.5. The molecule has 1 rings (SSSR count).